The molecule has 3 rings (SSSR count). The molecule has 2 aromatic rings. The highest BCUT2D eigenvalue weighted by Gasteiger charge is 2.28. The fraction of sp³-hybridized carbons (Fsp3) is 0.333. The van der Waals surface area contributed by atoms with Crippen LogP contribution in [0.25, 0.3) is 0 Å². The Kier molecular flexibility index (Phi) is 3.84. The Hall–Kier alpha value is -2.01. The van der Waals surface area contributed by atoms with Crippen molar-refractivity contribution in [3.05, 3.63) is 57.0 Å². The van der Waals surface area contributed by atoms with Crippen LogP contribution in [0.4, 0.5) is 0 Å². The molecule has 1 aromatic carbocycles. The lowest BCUT2D eigenvalue weighted by Gasteiger charge is -2.14. The number of aromatic nitrogens is 1. The van der Waals surface area contributed by atoms with Crippen molar-refractivity contribution >= 4 is 17.5 Å². The average molecular weight is 307 g/mol. The van der Waals surface area contributed by atoms with Gasteiger partial charge in [0.1, 0.15) is 0 Å². The van der Waals surface area contributed by atoms with Crippen molar-refractivity contribution in [3.8, 4) is 0 Å². The summed E-state index contributed by atoms with van der Waals surface area (Å²) < 4.78 is 4.86. The molecule has 110 valence electrons. The summed E-state index contributed by atoms with van der Waals surface area (Å²) in [6.07, 6.45) is 1.86. The SMILES string of the molecule is O=C(c1cc(=O)[nH]o1)N1CCC(Cc2ccc(Cl)cc2)C1. The second kappa shape index (κ2) is 5.77. The highest BCUT2D eigenvalue weighted by molar-refractivity contribution is 6.30. The first-order valence-corrected chi connectivity index (χ1v) is 7.22. The number of H-pyrrole nitrogens is 1. The van der Waals surface area contributed by atoms with Crippen molar-refractivity contribution in [1.82, 2.24) is 10.1 Å². The van der Waals surface area contributed by atoms with E-state index in [-0.39, 0.29) is 11.7 Å². The Morgan fingerprint density at radius 3 is 2.81 bits per heavy atom. The molecule has 1 atom stereocenters. The van der Waals surface area contributed by atoms with Crippen LogP contribution in [0.2, 0.25) is 5.02 Å². The Bertz CT molecular complexity index is 689. The number of aromatic amines is 1. The molecule has 2 heterocycles. The number of hydrogen-bond donors (Lipinski definition) is 1. The lowest BCUT2D eigenvalue weighted by molar-refractivity contribution is 0.0745. The largest absolute Gasteiger partial charge is 0.373 e. The third-order valence-electron chi connectivity index (χ3n) is 3.75. The quantitative estimate of drug-likeness (QED) is 0.946. The first kappa shape index (κ1) is 13.9. The van der Waals surface area contributed by atoms with Gasteiger partial charge in [-0.25, -0.2) is 0 Å². The number of nitrogens with zero attached hydrogens (tertiary/aromatic N) is 1. The van der Waals surface area contributed by atoms with Gasteiger partial charge in [0.2, 0.25) is 5.76 Å². The molecule has 1 aromatic heterocycles. The zero-order valence-electron chi connectivity index (χ0n) is 11.3. The van der Waals surface area contributed by atoms with E-state index in [0.717, 1.165) is 17.9 Å². The molecule has 5 nitrogen and oxygen atoms in total. The minimum atomic E-state index is -0.393. The zero-order chi connectivity index (χ0) is 14.8. The van der Waals surface area contributed by atoms with Crippen molar-refractivity contribution in [2.24, 2.45) is 5.92 Å². The maximum atomic E-state index is 12.2. The van der Waals surface area contributed by atoms with Crippen LogP contribution in [0.3, 0.4) is 0 Å². The normalized spacial score (nSPS) is 18.1. The van der Waals surface area contributed by atoms with Gasteiger partial charge in [0.05, 0.1) is 6.07 Å². The summed E-state index contributed by atoms with van der Waals surface area (Å²) in [4.78, 5) is 24.9. The molecule has 1 unspecified atom stereocenters. The molecule has 1 amide bonds. The summed E-state index contributed by atoms with van der Waals surface area (Å²) in [7, 11) is 0. The molecule has 1 fully saturated rings. The number of amides is 1. The van der Waals surface area contributed by atoms with Gasteiger partial charge in [0.15, 0.2) is 0 Å². The molecule has 0 bridgehead atoms. The predicted octanol–water partition coefficient (Wildman–Crippen LogP) is 2.33. The Labute approximate surface area is 126 Å². The molecule has 1 aliphatic rings. The summed E-state index contributed by atoms with van der Waals surface area (Å²) in [5.41, 5.74) is 0.821. The molecular formula is C15H15ClN2O3. The van der Waals surface area contributed by atoms with Crippen LogP contribution in [0, 0.1) is 5.92 Å². The van der Waals surface area contributed by atoms with E-state index in [1.165, 1.54) is 11.6 Å². The average Bonchev–Trinajstić information content (AvgIpc) is 3.10. The number of halogens is 1. The summed E-state index contributed by atoms with van der Waals surface area (Å²) in [5, 5.41) is 2.87. The first-order valence-electron chi connectivity index (χ1n) is 6.84. The minimum absolute atomic E-state index is 0.0761. The van der Waals surface area contributed by atoms with Crippen molar-refractivity contribution in [1.29, 1.82) is 0 Å². The number of likely N-dealkylation sites (tertiary alicyclic amines) is 1. The number of benzene rings is 1. The summed E-state index contributed by atoms with van der Waals surface area (Å²) in [5.74, 6) is 0.264. The summed E-state index contributed by atoms with van der Waals surface area (Å²) >= 11 is 5.87. The number of carbonyl (C=O) groups is 1. The van der Waals surface area contributed by atoms with Gasteiger partial charge in [-0.2, -0.15) is 5.16 Å². The van der Waals surface area contributed by atoms with Crippen molar-refractivity contribution in [3.63, 3.8) is 0 Å². The second-order valence-electron chi connectivity index (χ2n) is 5.31. The van der Waals surface area contributed by atoms with Gasteiger partial charge >= 0.3 is 0 Å². The molecule has 1 N–H and O–H groups in total. The van der Waals surface area contributed by atoms with E-state index >= 15 is 0 Å². The molecule has 21 heavy (non-hydrogen) atoms. The fourth-order valence-corrected chi connectivity index (χ4v) is 2.81. The molecule has 1 aliphatic heterocycles. The van der Waals surface area contributed by atoms with Crippen LogP contribution in [-0.2, 0) is 6.42 Å². The highest BCUT2D eigenvalue weighted by atomic mass is 35.5. The number of hydrogen-bond acceptors (Lipinski definition) is 3. The highest BCUT2D eigenvalue weighted by Crippen LogP contribution is 2.23. The van der Waals surface area contributed by atoms with Gasteiger partial charge in [0, 0.05) is 18.1 Å². The first-order chi connectivity index (χ1) is 10.1. The third-order valence-corrected chi connectivity index (χ3v) is 4.00. The van der Waals surface area contributed by atoms with Gasteiger partial charge in [0.25, 0.3) is 11.5 Å². The van der Waals surface area contributed by atoms with E-state index in [1.54, 1.807) is 4.90 Å². The van der Waals surface area contributed by atoms with Crippen LogP contribution < -0.4 is 5.56 Å². The van der Waals surface area contributed by atoms with Gasteiger partial charge in [-0.1, -0.05) is 23.7 Å². The van der Waals surface area contributed by atoms with Crippen LogP contribution in [0.15, 0.2) is 39.6 Å². The number of rotatable bonds is 3. The summed E-state index contributed by atoms with van der Waals surface area (Å²) in [6, 6.07) is 8.97. The number of carbonyl (C=O) groups excluding carboxylic acids is 1. The molecule has 0 spiro atoms. The monoisotopic (exact) mass is 306 g/mol. The number of nitrogens with one attached hydrogen (secondary N) is 1. The second-order valence-corrected chi connectivity index (χ2v) is 5.75. The minimum Gasteiger partial charge on any atom is -0.373 e. The van der Waals surface area contributed by atoms with E-state index in [4.69, 9.17) is 16.1 Å². The standard InChI is InChI=1S/C15H15ClN2O3/c16-12-3-1-10(2-4-12)7-11-5-6-18(9-11)15(20)13-8-14(19)17-21-13/h1-4,8,11H,5-7,9H2,(H,17,19). The molecule has 0 saturated carbocycles. The molecule has 6 heteroatoms. The lowest BCUT2D eigenvalue weighted by atomic mass is 9.99. The van der Waals surface area contributed by atoms with Crippen LogP contribution >= 0.6 is 11.6 Å². The Balaban J connectivity index is 1.61. The topological polar surface area (TPSA) is 66.3 Å². The Morgan fingerprint density at radius 1 is 1.38 bits per heavy atom. The van der Waals surface area contributed by atoms with E-state index in [9.17, 15) is 9.59 Å². The maximum Gasteiger partial charge on any atom is 0.292 e. The van der Waals surface area contributed by atoms with Gasteiger partial charge < -0.3 is 9.42 Å². The smallest absolute Gasteiger partial charge is 0.292 e. The maximum absolute atomic E-state index is 12.2. The van der Waals surface area contributed by atoms with Crippen LogP contribution in [0.1, 0.15) is 22.5 Å². The van der Waals surface area contributed by atoms with Gasteiger partial charge in [-0.3, -0.25) is 9.59 Å². The van der Waals surface area contributed by atoms with Crippen LogP contribution in [0.5, 0.6) is 0 Å². The van der Waals surface area contributed by atoms with Gasteiger partial charge in [-0.15, -0.1) is 0 Å². The van der Waals surface area contributed by atoms with Crippen molar-refractivity contribution in [2.45, 2.75) is 12.8 Å². The van der Waals surface area contributed by atoms with E-state index < -0.39 is 5.56 Å². The Morgan fingerprint density at radius 2 is 2.14 bits per heavy atom. The van der Waals surface area contributed by atoms with Crippen LogP contribution in [-0.4, -0.2) is 29.1 Å². The van der Waals surface area contributed by atoms with Crippen molar-refractivity contribution in [2.75, 3.05) is 13.1 Å². The van der Waals surface area contributed by atoms with E-state index in [1.807, 2.05) is 24.3 Å². The third kappa shape index (κ3) is 3.19. The predicted molar refractivity (Wildman–Crippen MR) is 78.5 cm³/mol. The van der Waals surface area contributed by atoms with E-state index in [2.05, 4.69) is 5.16 Å². The molecule has 0 aliphatic carbocycles. The molecular weight excluding hydrogens is 292 g/mol. The van der Waals surface area contributed by atoms with E-state index in [0.29, 0.717) is 19.0 Å². The lowest BCUT2D eigenvalue weighted by Crippen LogP contribution is -2.28. The fourth-order valence-electron chi connectivity index (χ4n) is 2.68. The van der Waals surface area contributed by atoms with Crippen molar-refractivity contribution < 1.29 is 9.32 Å². The summed E-state index contributed by atoms with van der Waals surface area (Å²) in [6.45, 7) is 1.36. The molecule has 0 radical (unpaired) electrons. The van der Waals surface area contributed by atoms with Gasteiger partial charge in [-0.05, 0) is 36.5 Å². The zero-order valence-corrected chi connectivity index (χ0v) is 12.1. The molecule has 1 saturated heterocycles.